The van der Waals surface area contributed by atoms with Crippen molar-refractivity contribution in [1.82, 2.24) is 4.37 Å². The molecule has 0 N–H and O–H groups in total. The standard InChI is InChI=1S/C4H4BrNOS/c1-7-4-2-3(5)8-6-4/h2H,1H3. The Kier molecular flexibility index (Phi) is 1.85. The van der Waals surface area contributed by atoms with Gasteiger partial charge in [0.15, 0.2) is 0 Å². The maximum absolute atomic E-state index is 4.80. The van der Waals surface area contributed by atoms with Gasteiger partial charge in [-0.3, -0.25) is 0 Å². The summed E-state index contributed by atoms with van der Waals surface area (Å²) < 4.78 is 9.71. The van der Waals surface area contributed by atoms with Gasteiger partial charge < -0.3 is 4.74 Å². The summed E-state index contributed by atoms with van der Waals surface area (Å²) in [4.78, 5) is 0. The molecule has 0 amide bonds. The monoisotopic (exact) mass is 193 g/mol. The summed E-state index contributed by atoms with van der Waals surface area (Å²) in [7, 11) is 1.60. The van der Waals surface area contributed by atoms with Gasteiger partial charge >= 0.3 is 0 Å². The predicted molar refractivity (Wildman–Crippen MR) is 36.4 cm³/mol. The van der Waals surface area contributed by atoms with E-state index in [1.807, 2.05) is 6.07 Å². The van der Waals surface area contributed by atoms with E-state index in [0.29, 0.717) is 5.88 Å². The minimum absolute atomic E-state index is 0.668. The van der Waals surface area contributed by atoms with Crippen LogP contribution in [-0.4, -0.2) is 11.5 Å². The number of rotatable bonds is 1. The lowest BCUT2D eigenvalue weighted by atomic mass is 10.7. The first-order valence-electron chi connectivity index (χ1n) is 1.99. The lowest BCUT2D eigenvalue weighted by Gasteiger charge is -1.84. The summed E-state index contributed by atoms with van der Waals surface area (Å²) in [5, 5.41) is 0. The third-order valence-electron chi connectivity index (χ3n) is 0.669. The summed E-state index contributed by atoms with van der Waals surface area (Å²) in [5.74, 6) is 0.668. The lowest BCUT2D eigenvalue weighted by Crippen LogP contribution is -1.78. The van der Waals surface area contributed by atoms with Crippen molar-refractivity contribution in [2.45, 2.75) is 0 Å². The molecule has 0 aliphatic carbocycles. The van der Waals surface area contributed by atoms with Crippen LogP contribution in [0.3, 0.4) is 0 Å². The second kappa shape index (κ2) is 2.46. The van der Waals surface area contributed by atoms with Gasteiger partial charge in [-0.25, -0.2) is 0 Å². The SMILES string of the molecule is COc1cc(Br)sn1. The minimum Gasteiger partial charge on any atom is -0.480 e. The van der Waals surface area contributed by atoms with Crippen LogP contribution < -0.4 is 4.74 Å². The first kappa shape index (κ1) is 6.04. The topological polar surface area (TPSA) is 22.1 Å². The van der Waals surface area contributed by atoms with Crippen LogP contribution in [0.2, 0.25) is 0 Å². The van der Waals surface area contributed by atoms with Crippen LogP contribution in [0.1, 0.15) is 0 Å². The zero-order chi connectivity index (χ0) is 5.98. The Bertz CT molecular complexity index is 176. The normalized spacial score (nSPS) is 9.25. The van der Waals surface area contributed by atoms with Crippen LogP contribution in [0, 0.1) is 0 Å². The maximum Gasteiger partial charge on any atom is 0.226 e. The number of methoxy groups -OCH3 is 1. The minimum atomic E-state index is 0.668. The molecule has 0 bridgehead atoms. The molecule has 1 rings (SSSR count). The molecule has 4 heteroatoms. The Balaban J connectivity index is 2.84. The first-order valence-corrected chi connectivity index (χ1v) is 3.56. The van der Waals surface area contributed by atoms with E-state index in [1.54, 1.807) is 7.11 Å². The van der Waals surface area contributed by atoms with E-state index >= 15 is 0 Å². The van der Waals surface area contributed by atoms with Gasteiger partial charge in [-0.1, -0.05) is 0 Å². The fourth-order valence-corrected chi connectivity index (χ4v) is 1.21. The van der Waals surface area contributed by atoms with Crippen molar-refractivity contribution in [3.8, 4) is 5.88 Å². The summed E-state index contributed by atoms with van der Waals surface area (Å²) in [5.41, 5.74) is 0. The molecule has 0 unspecified atom stereocenters. The zero-order valence-electron chi connectivity index (χ0n) is 4.22. The summed E-state index contributed by atoms with van der Waals surface area (Å²) in [6.07, 6.45) is 0. The van der Waals surface area contributed by atoms with Crippen LogP contribution >= 0.6 is 27.5 Å². The Hall–Kier alpha value is -0.0900. The molecule has 1 aromatic rings. The van der Waals surface area contributed by atoms with Gasteiger partial charge in [-0.05, 0) is 27.5 Å². The van der Waals surface area contributed by atoms with Crippen LogP contribution in [0.25, 0.3) is 0 Å². The van der Waals surface area contributed by atoms with Gasteiger partial charge in [0, 0.05) is 6.07 Å². The van der Waals surface area contributed by atoms with Crippen molar-refractivity contribution < 1.29 is 4.74 Å². The lowest BCUT2D eigenvalue weighted by molar-refractivity contribution is 0.402. The third kappa shape index (κ3) is 1.20. The number of hydrogen-bond acceptors (Lipinski definition) is 3. The largest absolute Gasteiger partial charge is 0.480 e. The van der Waals surface area contributed by atoms with Gasteiger partial charge in [0.2, 0.25) is 5.88 Å². The molecule has 0 aliphatic rings. The number of halogens is 1. The number of aromatic nitrogens is 1. The van der Waals surface area contributed by atoms with E-state index in [2.05, 4.69) is 20.3 Å². The summed E-state index contributed by atoms with van der Waals surface area (Å²) in [6.45, 7) is 0. The Morgan fingerprint density at radius 1 is 1.88 bits per heavy atom. The van der Waals surface area contributed by atoms with Crippen LogP contribution in [0.15, 0.2) is 9.85 Å². The van der Waals surface area contributed by atoms with Gasteiger partial charge in [0.05, 0.1) is 10.9 Å². The highest BCUT2D eigenvalue weighted by Gasteiger charge is 1.94. The smallest absolute Gasteiger partial charge is 0.226 e. The molecule has 0 atom stereocenters. The molecular formula is C4H4BrNOS. The van der Waals surface area contributed by atoms with Gasteiger partial charge in [0.1, 0.15) is 0 Å². The van der Waals surface area contributed by atoms with E-state index in [4.69, 9.17) is 4.74 Å². The molecule has 1 heterocycles. The number of ether oxygens (including phenoxy) is 1. The molecule has 0 fully saturated rings. The van der Waals surface area contributed by atoms with Crippen molar-refractivity contribution in [1.29, 1.82) is 0 Å². The van der Waals surface area contributed by atoms with Crippen LogP contribution in [0.4, 0.5) is 0 Å². The summed E-state index contributed by atoms with van der Waals surface area (Å²) >= 11 is 4.62. The molecule has 0 aromatic carbocycles. The molecule has 0 saturated heterocycles. The van der Waals surface area contributed by atoms with E-state index in [0.717, 1.165) is 3.79 Å². The zero-order valence-corrected chi connectivity index (χ0v) is 6.62. The molecule has 0 saturated carbocycles. The van der Waals surface area contributed by atoms with Crippen molar-refractivity contribution in [2.24, 2.45) is 0 Å². The van der Waals surface area contributed by atoms with E-state index in [-0.39, 0.29) is 0 Å². The van der Waals surface area contributed by atoms with Crippen molar-refractivity contribution in [3.63, 3.8) is 0 Å². The van der Waals surface area contributed by atoms with Crippen LogP contribution in [0.5, 0.6) is 5.88 Å². The maximum atomic E-state index is 4.80. The molecule has 8 heavy (non-hydrogen) atoms. The summed E-state index contributed by atoms with van der Waals surface area (Å²) in [6, 6.07) is 1.82. The molecule has 1 aromatic heterocycles. The quantitative estimate of drug-likeness (QED) is 0.681. The fraction of sp³-hybridized carbons (Fsp3) is 0.250. The first-order chi connectivity index (χ1) is 3.83. The van der Waals surface area contributed by atoms with Crippen molar-refractivity contribution >= 4 is 27.5 Å². The average Bonchev–Trinajstić information content (AvgIpc) is 2.14. The highest BCUT2D eigenvalue weighted by molar-refractivity contribution is 9.11. The molecule has 2 nitrogen and oxygen atoms in total. The molecule has 0 aliphatic heterocycles. The van der Waals surface area contributed by atoms with Crippen molar-refractivity contribution in [2.75, 3.05) is 7.11 Å². The fourth-order valence-electron chi connectivity index (χ4n) is 0.335. The Morgan fingerprint density at radius 3 is 2.88 bits per heavy atom. The molecule has 0 spiro atoms. The van der Waals surface area contributed by atoms with E-state index in [9.17, 15) is 0 Å². The Morgan fingerprint density at radius 2 is 2.62 bits per heavy atom. The predicted octanol–water partition coefficient (Wildman–Crippen LogP) is 1.91. The number of nitrogens with zero attached hydrogens (tertiary/aromatic N) is 1. The third-order valence-corrected chi connectivity index (χ3v) is 1.90. The molecular weight excluding hydrogens is 190 g/mol. The van der Waals surface area contributed by atoms with E-state index < -0.39 is 0 Å². The second-order valence-electron chi connectivity index (χ2n) is 1.17. The Labute approximate surface area is 59.8 Å². The van der Waals surface area contributed by atoms with Crippen LogP contribution in [-0.2, 0) is 0 Å². The highest BCUT2D eigenvalue weighted by atomic mass is 79.9. The van der Waals surface area contributed by atoms with Gasteiger partial charge in [-0.2, -0.15) is 4.37 Å². The van der Waals surface area contributed by atoms with Gasteiger partial charge in [0.25, 0.3) is 0 Å². The van der Waals surface area contributed by atoms with Crippen molar-refractivity contribution in [3.05, 3.63) is 9.85 Å². The molecule has 0 radical (unpaired) electrons. The molecule has 44 valence electrons. The van der Waals surface area contributed by atoms with E-state index in [1.165, 1.54) is 11.5 Å². The van der Waals surface area contributed by atoms with Gasteiger partial charge in [-0.15, -0.1) is 0 Å². The second-order valence-corrected chi connectivity index (χ2v) is 3.36. The number of hydrogen-bond donors (Lipinski definition) is 0. The average molecular weight is 194 g/mol. The highest BCUT2D eigenvalue weighted by Crippen LogP contribution is 2.20.